The van der Waals surface area contributed by atoms with Crippen molar-refractivity contribution in [2.45, 2.75) is 25.6 Å². The van der Waals surface area contributed by atoms with Crippen LogP contribution in [0.4, 0.5) is 0 Å². The number of carbonyl (C=O) groups is 1. The molecule has 2 N–H and O–H groups in total. The van der Waals surface area contributed by atoms with Gasteiger partial charge in [-0.15, -0.1) is 0 Å². The predicted molar refractivity (Wildman–Crippen MR) is 60.9 cm³/mol. The summed E-state index contributed by atoms with van der Waals surface area (Å²) in [6, 6.07) is 0. The standard InChI is InChI=1S/C11H21NO5/c1-2-16-8-9(13)6-12-3-4-17-10(7-12)5-11(14)15/h9-10,13H,2-8H2,1H3,(H,14,15). The number of β-amino-alcohol motifs (C(OH)–C–C–N with tert-alkyl or cyclic N) is 1. The van der Waals surface area contributed by atoms with Crippen LogP contribution in [0.1, 0.15) is 13.3 Å². The molecule has 0 saturated carbocycles. The van der Waals surface area contributed by atoms with Crippen molar-refractivity contribution < 1.29 is 24.5 Å². The van der Waals surface area contributed by atoms with E-state index >= 15 is 0 Å². The van der Waals surface area contributed by atoms with Gasteiger partial charge in [0.25, 0.3) is 0 Å². The Bertz CT molecular complexity index is 236. The molecule has 1 aliphatic rings. The number of morpholine rings is 1. The number of ether oxygens (including phenoxy) is 2. The molecule has 0 bridgehead atoms. The summed E-state index contributed by atoms with van der Waals surface area (Å²) in [4.78, 5) is 12.6. The minimum atomic E-state index is -0.855. The number of carboxylic acid groups (broad SMARTS) is 1. The van der Waals surface area contributed by atoms with Gasteiger partial charge in [-0.05, 0) is 6.92 Å². The summed E-state index contributed by atoms with van der Waals surface area (Å²) in [6.45, 7) is 5.07. The van der Waals surface area contributed by atoms with Gasteiger partial charge in [-0.2, -0.15) is 0 Å². The smallest absolute Gasteiger partial charge is 0.306 e. The molecule has 1 fully saturated rings. The van der Waals surface area contributed by atoms with Crippen LogP contribution < -0.4 is 0 Å². The molecule has 6 heteroatoms. The lowest BCUT2D eigenvalue weighted by atomic mass is 10.2. The minimum absolute atomic E-state index is 0.0120. The summed E-state index contributed by atoms with van der Waals surface area (Å²) in [5.41, 5.74) is 0. The van der Waals surface area contributed by atoms with E-state index in [0.717, 1.165) is 6.54 Å². The van der Waals surface area contributed by atoms with Crippen LogP contribution in [0, 0.1) is 0 Å². The average molecular weight is 247 g/mol. The quantitative estimate of drug-likeness (QED) is 0.635. The van der Waals surface area contributed by atoms with Crippen molar-refractivity contribution in [3.05, 3.63) is 0 Å². The van der Waals surface area contributed by atoms with Crippen LogP contribution >= 0.6 is 0 Å². The Labute approximate surface area is 101 Å². The number of aliphatic carboxylic acids is 1. The van der Waals surface area contributed by atoms with Crippen LogP contribution in [0.2, 0.25) is 0 Å². The van der Waals surface area contributed by atoms with E-state index in [1.165, 1.54) is 0 Å². The van der Waals surface area contributed by atoms with Crippen LogP contribution in [0.3, 0.4) is 0 Å². The van der Waals surface area contributed by atoms with Crippen molar-refractivity contribution in [1.82, 2.24) is 4.90 Å². The van der Waals surface area contributed by atoms with E-state index < -0.39 is 12.1 Å². The normalized spacial score (nSPS) is 23.5. The highest BCUT2D eigenvalue weighted by Crippen LogP contribution is 2.09. The maximum Gasteiger partial charge on any atom is 0.306 e. The number of aliphatic hydroxyl groups is 1. The van der Waals surface area contributed by atoms with E-state index in [9.17, 15) is 9.90 Å². The van der Waals surface area contributed by atoms with Crippen molar-refractivity contribution in [2.75, 3.05) is 39.5 Å². The fourth-order valence-electron chi connectivity index (χ4n) is 1.87. The van der Waals surface area contributed by atoms with Crippen molar-refractivity contribution in [2.24, 2.45) is 0 Å². The molecule has 100 valence electrons. The molecule has 0 aliphatic carbocycles. The first kappa shape index (κ1) is 14.4. The minimum Gasteiger partial charge on any atom is -0.481 e. The van der Waals surface area contributed by atoms with Crippen molar-refractivity contribution in [3.8, 4) is 0 Å². The molecular weight excluding hydrogens is 226 g/mol. The highest BCUT2D eigenvalue weighted by atomic mass is 16.5. The molecule has 0 aromatic carbocycles. The van der Waals surface area contributed by atoms with Gasteiger partial charge in [0, 0.05) is 26.2 Å². The van der Waals surface area contributed by atoms with Crippen molar-refractivity contribution >= 4 is 5.97 Å². The molecule has 1 rings (SSSR count). The SMILES string of the molecule is CCOCC(O)CN1CCOC(CC(=O)O)C1. The second kappa shape index (κ2) is 7.60. The third-order valence-electron chi connectivity index (χ3n) is 2.61. The highest BCUT2D eigenvalue weighted by molar-refractivity contribution is 5.67. The highest BCUT2D eigenvalue weighted by Gasteiger charge is 2.23. The summed E-state index contributed by atoms with van der Waals surface area (Å²) in [5, 5.41) is 18.4. The van der Waals surface area contributed by atoms with Crippen molar-refractivity contribution in [3.63, 3.8) is 0 Å². The molecule has 0 aromatic rings. The zero-order chi connectivity index (χ0) is 12.7. The van der Waals surface area contributed by atoms with Gasteiger partial charge in [0.2, 0.25) is 0 Å². The van der Waals surface area contributed by atoms with Gasteiger partial charge in [-0.3, -0.25) is 9.69 Å². The van der Waals surface area contributed by atoms with Gasteiger partial charge >= 0.3 is 5.97 Å². The van der Waals surface area contributed by atoms with E-state index in [1.807, 2.05) is 11.8 Å². The largest absolute Gasteiger partial charge is 0.481 e. The van der Waals surface area contributed by atoms with E-state index in [4.69, 9.17) is 14.6 Å². The Balaban J connectivity index is 2.26. The van der Waals surface area contributed by atoms with Crippen LogP contribution in [0.25, 0.3) is 0 Å². The number of carboxylic acids is 1. The van der Waals surface area contributed by atoms with Crippen molar-refractivity contribution in [1.29, 1.82) is 0 Å². The summed E-state index contributed by atoms with van der Waals surface area (Å²) in [6.07, 6.45) is -0.794. The van der Waals surface area contributed by atoms with Crippen LogP contribution in [0.5, 0.6) is 0 Å². The third kappa shape index (κ3) is 5.97. The predicted octanol–water partition coefficient (Wildman–Crippen LogP) is -0.441. The summed E-state index contributed by atoms with van der Waals surface area (Å²) < 4.78 is 10.5. The van der Waals surface area contributed by atoms with Gasteiger partial charge in [-0.1, -0.05) is 0 Å². The molecule has 0 spiro atoms. The molecule has 1 heterocycles. The number of nitrogens with zero attached hydrogens (tertiary/aromatic N) is 1. The topological polar surface area (TPSA) is 79.2 Å². The van der Waals surface area contributed by atoms with Crippen LogP contribution in [-0.2, 0) is 14.3 Å². The van der Waals surface area contributed by atoms with Crippen LogP contribution in [0.15, 0.2) is 0 Å². The molecular formula is C11H21NO5. The Kier molecular flexibility index (Phi) is 6.43. The Morgan fingerprint density at radius 1 is 1.65 bits per heavy atom. The monoisotopic (exact) mass is 247 g/mol. The van der Waals surface area contributed by atoms with Gasteiger partial charge < -0.3 is 19.7 Å². The second-order valence-electron chi connectivity index (χ2n) is 4.16. The van der Waals surface area contributed by atoms with E-state index in [-0.39, 0.29) is 12.5 Å². The molecule has 17 heavy (non-hydrogen) atoms. The first-order chi connectivity index (χ1) is 8.11. The maximum absolute atomic E-state index is 10.6. The molecule has 0 radical (unpaired) electrons. The molecule has 0 amide bonds. The first-order valence-corrected chi connectivity index (χ1v) is 5.93. The zero-order valence-corrected chi connectivity index (χ0v) is 10.2. The molecule has 0 aromatic heterocycles. The molecule has 2 atom stereocenters. The van der Waals surface area contributed by atoms with Gasteiger partial charge in [0.1, 0.15) is 0 Å². The lowest BCUT2D eigenvalue weighted by Crippen LogP contribution is -2.46. The number of hydrogen-bond donors (Lipinski definition) is 2. The van der Waals surface area contributed by atoms with Gasteiger partial charge in [0.15, 0.2) is 0 Å². The van der Waals surface area contributed by atoms with E-state index in [1.54, 1.807) is 0 Å². The Hall–Kier alpha value is -0.690. The number of aliphatic hydroxyl groups excluding tert-OH is 1. The Morgan fingerprint density at radius 3 is 3.06 bits per heavy atom. The zero-order valence-electron chi connectivity index (χ0n) is 10.2. The fraction of sp³-hybridized carbons (Fsp3) is 0.909. The van der Waals surface area contributed by atoms with Crippen LogP contribution in [-0.4, -0.2) is 72.7 Å². The fourth-order valence-corrected chi connectivity index (χ4v) is 1.87. The molecule has 6 nitrogen and oxygen atoms in total. The summed E-state index contributed by atoms with van der Waals surface area (Å²) in [7, 11) is 0. The van der Waals surface area contributed by atoms with Gasteiger partial charge in [-0.25, -0.2) is 0 Å². The lowest BCUT2D eigenvalue weighted by Gasteiger charge is -2.33. The number of hydrogen-bond acceptors (Lipinski definition) is 5. The number of rotatable bonds is 7. The Morgan fingerprint density at radius 2 is 2.41 bits per heavy atom. The molecule has 1 saturated heterocycles. The molecule has 2 unspecified atom stereocenters. The van der Waals surface area contributed by atoms with Gasteiger partial charge in [0.05, 0.1) is 31.8 Å². The maximum atomic E-state index is 10.6. The summed E-state index contributed by atoms with van der Waals surface area (Å²) >= 11 is 0. The van der Waals surface area contributed by atoms with E-state index in [0.29, 0.717) is 32.9 Å². The third-order valence-corrected chi connectivity index (χ3v) is 2.61. The molecule has 1 aliphatic heterocycles. The lowest BCUT2D eigenvalue weighted by molar-refractivity contribution is -0.142. The first-order valence-electron chi connectivity index (χ1n) is 5.93. The summed E-state index contributed by atoms with van der Waals surface area (Å²) in [5.74, 6) is -0.855. The van der Waals surface area contributed by atoms with E-state index in [2.05, 4.69) is 0 Å². The average Bonchev–Trinajstić information content (AvgIpc) is 2.26. The second-order valence-corrected chi connectivity index (χ2v) is 4.16.